The van der Waals surface area contributed by atoms with Gasteiger partial charge in [0.15, 0.2) is 0 Å². The standard InChI is InChI=1S/C26H35N3O3/c1-20(2)17-24(28-21(3)30)26(32)27-16-10-15-25(31)29(18-22-11-6-4-7-12-22)19-23-13-8-5-9-14-23/h4-9,11-14,20,24H,10,15-19H2,1-3H3,(H,27,32)(H,28,30)/p-1/t24-/m0/s1. The van der Waals surface area contributed by atoms with Crippen LogP contribution in [-0.2, 0) is 22.7 Å². The molecular formula is C26H34N3O3-. The van der Waals surface area contributed by atoms with Gasteiger partial charge >= 0.3 is 0 Å². The maximum atomic E-state index is 13.0. The van der Waals surface area contributed by atoms with Crippen LogP contribution in [-0.4, -0.2) is 35.2 Å². The van der Waals surface area contributed by atoms with Crippen molar-refractivity contribution < 1.29 is 14.7 Å². The molecule has 1 atom stereocenters. The molecule has 0 radical (unpaired) electrons. The molecule has 172 valence electrons. The number of nitrogens with one attached hydrogen (secondary N) is 1. The van der Waals surface area contributed by atoms with E-state index in [0.717, 1.165) is 11.1 Å². The fraction of sp³-hybridized carbons (Fsp3) is 0.423. The van der Waals surface area contributed by atoms with Crippen molar-refractivity contribution in [2.45, 2.75) is 59.2 Å². The highest BCUT2D eigenvalue weighted by Gasteiger charge is 2.19. The molecule has 0 aliphatic rings. The molecule has 0 aliphatic carbocycles. The van der Waals surface area contributed by atoms with Gasteiger partial charge in [0.2, 0.25) is 11.8 Å². The predicted octanol–water partition coefficient (Wildman–Crippen LogP) is 3.31. The van der Waals surface area contributed by atoms with Crippen molar-refractivity contribution in [1.29, 1.82) is 0 Å². The summed E-state index contributed by atoms with van der Waals surface area (Å²) in [6.45, 7) is 6.78. The lowest BCUT2D eigenvalue weighted by Gasteiger charge is -2.23. The molecule has 2 aromatic carbocycles. The Balaban J connectivity index is 1.91. The largest absolute Gasteiger partial charge is 0.862 e. The zero-order valence-corrected chi connectivity index (χ0v) is 19.3. The van der Waals surface area contributed by atoms with Gasteiger partial charge in [-0.15, -0.1) is 0 Å². The SMILES string of the molecule is CC([O-])=N[C@@H](CC(C)C)C(=O)NCCCC(=O)N(Cc1ccccc1)Cc1ccccc1. The third kappa shape index (κ3) is 9.33. The Bertz CT molecular complexity index is 821. The first-order chi connectivity index (χ1) is 15.3. The summed E-state index contributed by atoms with van der Waals surface area (Å²) in [7, 11) is 0. The smallest absolute Gasteiger partial charge is 0.244 e. The van der Waals surface area contributed by atoms with Crippen molar-refractivity contribution in [2.75, 3.05) is 6.54 Å². The number of aliphatic imine (C=N–C) groups is 1. The van der Waals surface area contributed by atoms with Crippen LogP contribution in [0.15, 0.2) is 65.7 Å². The van der Waals surface area contributed by atoms with Crippen LogP contribution in [0.25, 0.3) is 0 Å². The highest BCUT2D eigenvalue weighted by atomic mass is 16.3. The molecule has 32 heavy (non-hydrogen) atoms. The molecule has 0 saturated carbocycles. The van der Waals surface area contributed by atoms with Crippen LogP contribution in [0, 0.1) is 5.92 Å². The Hall–Kier alpha value is -3.15. The Morgan fingerprint density at radius 2 is 1.50 bits per heavy atom. The Labute approximate surface area is 191 Å². The highest BCUT2D eigenvalue weighted by molar-refractivity contribution is 5.84. The summed E-state index contributed by atoms with van der Waals surface area (Å²) in [6, 6.07) is 19.2. The van der Waals surface area contributed by atoms with Gasteiger partial charge < -0.3 is 15.3 Å². The van der Waals surface area contributed by atoms with Gasteiger partial charge in [-0.1, -0.05) is 74.5 Å². The summed E-state index contributed by atoms with van der Waals surface area (Å²) in [6.07, 6.45) is 1.38. The fourth-order valence-corrected chi connectivity index (χ4v) is 3.45. The summed E-state index contributed by atoms with van der Waals surface area (Å²) in [5.41, 5.74) is 2.15. The molecule has 2 aromatic rings. The van der Waals surface area contributed by atoms with Gasteiger partial charge in [0, 0.05) is 26.1 Å². The number of benzene rings is 2. The van der Waals surface area contributed by atoms with Crippen molar-refractivity contribution in [2.24, 2.45) is 10.9 Å². The molecule has 0 aliphatic heterocycles. The molecular weight excluding hydrogens is 402 g/mol. The molecule has 6 nitrogen and oxygen atoms in total. The van der Waals surface area contributed by atoms with E-state index in [1.165, 1.54) is 6.92 Å². The minimum Gasteiger partial charge on any atom is -0.862 e. The van der Waals surface area contributed by atoms with Crippen LogP contribution in [0.1, 0.15) is 51.2 Å². The van der Waals surface area contributed by atoms with Gasteiger partial charge in [0.25, 0.3) is 0 Å². The second-order valence-corrected chi connectivity index (χ2v) is 8.41. The van der Waals surface area contributed by atoms with Gasteiger partial charge in [-0.2, -0.15) is 0 Å². The summed E-state index contributed by atoms with van der Waals surface area (Å²) in [5.74, 6) is -0.315. The molecule has 0 heterocycles. The maximum Gasteiger partial charge on any atom is 0.244 e. The second kappa shape index (κ2) is 13.3. The lowest BCUT2D eigenvalue weighted by atomic mass is 10.0. The van der Waals surface area contributed by atoms with Crippen molar-refractivity contribution in [3.63, 3.8) is 0 Å². The summed E-state index contributed by atoms with van der Waals surface area (Å²) in [5, 5.41) is 14.2. The number of amides is 2. The molecule has 2 amide bonds. The first-order valence-corrected chi connectivity index (χ1v) is 11.2. The Morgan fingerprint density at radius 3 is 1.97 bits per heavy atom. The van der Waals surface area contributed by atoms with Crippen LogP contribution in [0.2, 0.25) is 0 Å². The van der Waals surface area contributed by atoms with Crippen LogP contribution < -0.4 is 10.4 Å². The minimum atomic E-state index is -0.670. The number of hydrogen-bond donors (Lipinski definition) is 1. The van der Waals surface area contributed by atoms with E-state index in [0.29, 0.717) is 38.9 Å². The minimum absolute atomic E-state index is 0.0408. The van der Waals surface area contributed by atoms with E-state index in [9.17, 15) is 14.7 Å². The number of hydrogen-bond acceptors (Lipinski definition) is 4. The molecule has 0 fully saturated rings. The quantitative estimate of drug-likeness (QED) is 0.315. The van der Waals surface area contributed by atoms with Gasteiger partial charge in [-0.25, -0.2) is 0 Å². The van der Waals surface area contributed by atoms with Crippen LogP contribution >= 0.6 is 0 Å². The van der Waals surface area contributed by atoms with E-state index in [-0.39, 0.29) is 23.6 Å². The van der Waals surface area contributed by atoms with Crippen molar-refractivity contribution in [3.05, 3.63) is 71.8 Å². The summed E-state index contributed by atoms with van der Waals surface area (Å²) >= 11 is 0. The van der Waals surface area contributed by atoms with E-state index in [4.69, 9.17) is 0 Å². The van der Waals surface area contributed by atoms with Crippen LogP contribution in [0.5, 0.6) is 0 Å². The first-order valence-electron chi connectivity index (χ1n) is 11.2. The lowest BCUT2D eigenvalue weighted by Crippen LogP contribution is -2.37. The monoisotopic (exact) mass is 436 g/mol. The van der Waals surface area contributed by atoms with E-state index < -0.39 is 6.04 Å². The average Bonchev–Trinajstić information content (AvgIpc) is 2.76. The van der Waals surface area contributed by atoms with E-state index in [1.54, 1.807) is 0 Å². The predicted molar refractivity (Wildman–Crippen MR) is 126 cm³/mol. The van der Waals surface area contributed by atoms with Crippen molar-refractivity contribution in [3.8, 4) is 0 Å². The maximum absolute atomic E-state index is 13.0. The number of rotatable bonds is 12. The van der Waals surface area contributed by atoms with Crippen molar-refractivity contribution in [1.82, 2.24) is 10.2 Å². The zero-order chi connectivity index (χ0) is 23.3. The van der Waals surface area contributed by atoms with Gasteiger partial charge in [-0.05, 0) is 42.7 Å². The average molecular weight is 437 g/mol. The van der Waals surface area contributed by atoms with E-state index in [1.807, 2.05) is 79.4 Å². The number of nitrogens with zero attached hydrogens (tertiary/aromatic N) is 2. The lowest BCUT2D eigenvalue weighted by molar-refractivity contribution is -0.216. The number of carbonyl (C=O) groups excluding carboxylic acids is 2. The van der Waals surface area contributed by atoms with Gasteiger partial charge in [-0.3, -0.25) is 14.6 Å². The Kier molecular flexibility index (Phi) is 10.4. The van der Waals surface area contributed by atoms with Crippen LogP contribution in [0.4, 0.5) is 0 Å². The molecule has 6 heteroatoms. The van der Waals surface area contributed by atoms with E-state index in [2.05, 4.69) is 10.3 Å². The topological polar surface area (TPSA) is 84.8 Å². The molecule has 0 unspecified atom stereocenters. The van der Waals surface area contributed by atoms with Gasteiger partial charge in [0.05, 0.1) is 0 Å². The van der Waals surface area contributed by atoms with Crippen molar-refractivity contribution >= 4 is 17.7 Å². The number of carbonyl (C=O) groups is 2. The molecule has 0 spiro atoms. The van der Waals surface area contributed by atoms with Crippen LogP contribution in [0.3, 0.4) is 0 Å². The highest BCUT2D eigenvalue weighted by Crippen LogP contribution is 2.13. The molecule has 2 rings (SSSR count). The fourth-order valence-electron chi connectivity index (χ4n) is 3.45. The third-order valence-electron chi connectivity index (χ3n) is 4.99. The molecule has 0 bridgehead atoms. The Morgan fingerprint density at radius 1 is 0.969 bits per heavy atom. The summed E-state index contributed by atoms with van der Waals surface area (Å²) in [4.78, 5) is 31.2. The third-order valence-corrected chi connectivity index (χ3v) is 4.99. The zero-order valence-electron chi connectivity index (χ0n) is 19.3. The normalized spacial score (nSPS) is 12.4. The molecule has 1 N–H and O–H groups in total. The summed E-state index contributed by atoms with van der Waals surface area (Å²) < 4.78 is 0. The molecule has 0 saturated heterocycles. The molecule has 0 aromatic heterocycles. The van der Waals surface area contributed by atoms with E-state index >= 15 is 0 Å². The first kappa shape index (κ1) is 25.1. The second-order valence-electron chi connectivity index (χ2n) is 8.41. The van der Waals surface area contributed by atoms with Gasteiger partial charge in [0.1, 0.15) is 6.04 Å².